The first-order chi connectivity index (χ1) is 18.0. The smallest absolute Gasteiger partial charge is 0.322 e. The van der Waals surface area contributed by atoms with Gasteiger partial charge in [-0.25, -0.2) is 4.39 Å². The number of pyridine rings is 1. The van der Waals surface area contributed by atoms with Gasteiger partial charge in [-0.05, 0) is 79.1 Å². The van der Waals surface area contributed by atoms with Crippen LogP contribution in [0.5, 0.6) is 0 Å². The summed E-state index contributed by atoms with van der Waals surface area (Å²) in [7, 11) is 0. The Morgan fingerprint density at radius 2 is 1.53 bits per heavy atom. The van der Waals surface area contributed by atoms with Gasteiger partial charge in [0, 0.05) is 18.1 Å². The second kappa shape index (κ2) is 9.09. The van der Waals surface area contributed by atoms with Crippen LogP contribution in [0.1, 0.15) is 35.3 Å². The van der Waals surface area contributed by atoms with Crippen LogP contribution in [0, 0.1) is 5.82 Å². The summed E-state index contributed by atoms with van der Waals surface area (Å²) < 4.78 is 57.0. The van der Waals surface area contributed by atoms with Crippen LogP contribution in [0.15, 0.2) is 85.2 Å². The van der Waals surface area contributed by atoms with Crippen LogP contribution < -0.4 is 10.2 Å². The number of amides is 2. The third-order valence-electron chi connectivity index (χ3n) is 6.55. The zero-order chi connectivity index (χ0) is 27.2. The van der Waals surface area contributed by atoms with Gasteiger partial charge >= 0.3 is 6.18 Å². The predicted octanol–water partition coefficient (Wildman–Crippen LogP) is 7.11. The van der Waals surface area contributed by atoms with Crippen molar-refractivity contribution in [3.63, 3.8) is 0 Å². The summed E-state index contributed by atoms with van der Waals surface area (Å²) in [4.78, 5) is 32.0. The molecule has 0 fully saturated rings. The number of fused-ring (bicyclic) bond motifs is 1. The molecule has 0 bridgehead atoms. The zero-order valence-corrected chi connectivity index (χ0v) is 20.3. The van der Waals surface area contributed by atoms with Crippen LogP contribution in [0.3, 0.4) is 0 Å². The molecule has 192 valence electrons. The van der Waals surface area contributed by atoms with Crippen LogP contribution >= 0.6 is 0 Å². The maximum absolute atomic E-state index is 14.6. The zero-order valence-electron chi connectivity index (χ0n) is 20.3. The van der Waals surface area contributed by atoms with Crippen LogP contribution in [0.4, 0.5) is 34.6 Å². The highest BCUT2D eigenvalue weighted by atomic mass is 19.4. The molecule has 3 aromatic carbocycles. The number of carbonyl (C=O) groups excluding carboxylic acids is 2. The fraction of sp³-hybridized carbons (Fsp3) is 0.138. The van der Waals surface area contributed by atoms with E-state index in [9.17, 15) is 27.2 Å². The van der Waals surface area contributed by atoms with E-state index in [4.69, 9.17) is 0 Å². The molecule has 0 aliphatic carbocycles. The van der Waals surface area contributed by atoms with E-state index in [0.717, 1.165) is 18.2 Å². The van der Waals surface area contributed by atoms with E-state index in [1.807, 2.05) is 0 Å². The molecule has 1 aliphatic rings. The summed E-state index contributed by atoms with van der Waals surface area (Å²) in [6.45, 7) is 3.33. The molecule has 5 nitrogen and oxygen atoms in total. The number of alkyl halides is 3. The predicted molar refractivity (Wildman–Crippen MR) is 136 cm³/mol. The van der Waals surface area contributed by atoms with Crippen molar-refractivity contribution in [2.24, 2.45) is 0 Å². The van der Waals surface area contributed by atoms with E-state index in [1.54, 1.807) is 38.1 Å². The molecule has 0 spiro atoms. The molecule has 0 atom stereocenters. The number of anilines is 3. The molecule has 9 heteroatoms. The van der Waals surface area contributed by atoms with Crippen molar-refractivity contribution < 1.29 is 27.2 Å². The van der Waals surface area contributed by atoms with Crippen LogP contribution in [-0.4, -0.2) is 16.8 Å². The Morgan fingerprint density at radius 1 is 0.895 bits per heavy atom. The summed E-state index contributed by atoms with van der Waals surface area (Å²) in [5.41, 5.74) is -1.35. The highest BCUT2D eigenvalue weighted by molar-refractivity contribution is 6.14. The summed E-state index contributed by atoms with van der Waals surface area (Å²) in [6, 6.07) is 16.6. The number of benzene rings is 3. The molecule has 4 aromatic rings. The molecule has 1 aromatic heterocycles. The number of halogens is 4. The fourth-order valence-corrected chi connectivity index (χ4v) is 4.86. The van der Waals surface area contributed by atoms with Crippen molar-refractivity contribution in [2.75, 3.05) is 10.2 Å². The Morgan fingerprint density at radius 3 is 2.18 bits per heavy atom. The van der Waals surface area contributed by atoms with Gasteiger partial charge in [-0.3, -0.25) is 19.5 Å². The van der Waals surface area contributed by atoms with Crippen LogP contribution in [0.2, 0.25) is 0 Å². The minimum atomic E-state index is -4.90. The molecule has 0 saturated heterocycles. The number of carbonyl (C=O) groups is 2. The Bertz CT molecular complexity index is 1550. The second-order valence-corrected chi connectivity index (χ2v) is 9.36. The lowest BCUT2D eigenvalue weighted by atomic mass is 9.80. The molecule has 0 saturated carbocycles. The van der Waals surface area contributed by atoms with Crippen molar-refractivity contribution in [2.45, 2.75) is 25.4 Å². The van der Waals surface area contributed by atoms with Crippen molar-refractivity contribution in [3.8, 4) is 11.1 Å². The first kappa shape index (κ1) is 25.1. The van der Waals surface area contributed by atoms with Crippen LogP contribution in [-0.2, 0) is 16.4 Å². The van der Waals surface area contributed by atoms with Gasteiger partial charge in [-0.15, -0.1) is 0 Å². The van der Waals surface area contributed by atoms with Gasteiger partial charge in [-0.1, -0.05) is 24.3 Å². The van der Waals surface area contributed by atoms with Gasteiger partial charge in [0.2, 0.25) is 5.91 Å². The lowest BCUT2D eigenvalue weighted by Crippen LogP contribution is -2.33. The lowest BCUT2D eigenvalue weighted by Gasteiger charge is -2.23. The average Bonchev–Trinajstić information content (AvgIpc) is 3.10. The number of hydrogen-bond donors (Lipinski definition) is 1. The molecule has 0 radical (unpaired) electrons. The standard InChI is InChI=1S/C29H21F4N3O2/c1-28(2)25-21(6-4-8-23(25)36(27(28)38)19-13-15-34-16-14-19)20-5-3-7-22(24(20)29(31,32)33)26(37)35-18-11-9-17(30)10-12-18/h3-16H,1-2H3,(H,35,37). The lowest BCUT2D eigenvalue weighted by molar-refractivity contribution is -0.137. The van der Waals surface area contributed by atoms with E-state index in [-0.39, 0.29) is 22.7 Å². The molecule has 0 unspecified atom stereocenters. The molecule has 1 aliphatic heterocycles. The van der Waals surface area contributed by atoms with Gasteiger partial charge in [0.15, 0.2) is 0 Å². The molecule has 2 amide bonds. The Hall–Kier alpha value is -4.53. The van der Waals surface area contributed by atoms with E-state index in [2.05, 4.69) is 10.3 Å². The van der Waals surface area contributed by atoms with Crippen molar-refractivity contribution >= 4 is 28.9 Å². The molecule has 2 heterocycles. The highest BCUT2D eigenvalue weighted by Gasteiger charge is 2.47. The Labute approximate surface area is 215 Å². The third kappa shape index (κ3) is 4.19. The summed E-state index contributed by atoms with van der Waals surface area (Å²) in [5.74, 6) is -1.84. The number of aromatic nitrogens is 1. The van der Waals surface area contributed by atoms with Crippen molar-refractivity contribution in [1.29, 1.82) is 0 Å². The van der Waals surface area contributed by atoms with Gasteiger partial charge in [0.05, 0.1) is 27.9 Å². The largest absolute Gasteiger partial charge is 0.417 e. The van der Waals surface area contributed by atoms with Gasteiger partial charge in [0.1, 0.15) is 5.82 Å². The Balaban J connectivity index is 1.69. The SMILES string of the molecule is CC1(C)C(=O)N(c2ccncc2)c2cccc(-c3cccc(C(=O)Nc4ccc(F)cc4)c3C(F)(F)F)c21. The number of nitrogens with zero attached hydrogens (tertiary/aromatic N) is 2. The van der Waals surface area contributed by atoms with E-state index < -0.39 is 34.4 Å². The number of hydrogen-bond acceptors (Lipinski definition) is 3. The minimum Gasteiger partial charge on any atom is -0.322 e. The summed E-state index contributed by atoms with van der Waals surface area (Å²) in [5, 5.41) is 2.41. The quantitative estimate of drug-likeness (QED) is 0.292. The van der Waals surface area contributed by atoms with Gasteiger partial charge < -0.3 is 5.32 Å². The van der Waals surface area contributed by atoms with E-state index in [0.29, 0.717) is 16.9 Å². The molecule has 5 rings (SSSR count). The van der Waals surface area contributed by atoms with Crippen molar-refractivity contribution in [3.05, 3.63) is 108 Å². The van der Waals surface area contributed by atoms with Crippen molar-refractivity contribution in [1.82, 2.24) is 4.98 Å². The molecular weight excluding hydrogens is 498 g/mol. The number of nitrogens with one attached hydrogen (secondary N) is 1. The summed E-state index contributed by atoms with van der Waals surface area (Å²) in [6.07, 6.45) is -1.84. The third-order valence-corrected chi connectivity index (χ3v) is 6.55. The monoisotopic (exact) mass is 519 g/mol. The maximum atomic E-state index is 14.6. The van der Waals surface area contributed by atoms with Crippen LogP contribution in [0.25, 0.3) is 11.1 Å². The maximum Gasteiger partial charge on any atom is 0.417 e. The topological polar surface area (TPSA) is 62.3 Å². The Kier molecular flexibility index (Phi) is 6.01. The van der Waals surface area contributed by atoms with E-state index >= 15 is 0 Å². The van der Waals surface area contributed by atoms with Gasteiger partial charge in [-0.2, -0.15) is 13.2 Å². The van der Waals surface area contributed by atoms with E-state index in [1.165, 1.54) is 47.6 Å². The summed E-state index contributed by atoms with van der Waals surface area (Å²) >= 11 is 0. The average molecular weight is 519 g/mol. The molecular formula is C29H21F4N3O2. The molecule has 1 N–H and O–H groups in total. The van der Waals surface area contributed by atoms with Gasteiger partial charge in [0.25, 0.3) is 5.91 Å². The normalized spacial score (nSPS) is 14.4. The highest BCUT2D eigenvalue weighted by Crippen LogP contribution is 2.51. The molecule has 38 heavy (non-hydrogen) atoms. The first-order valence-corrected chi connectivity index (χ1v) is 11.7. The minimum absolute atomic E-state index is 0.148. The second-order valence-electron chi connectivity index (χ2n) is 9.36. The first-order valence-electron chi connectivity index (χ1n) is 11.7. The fourth-order valence-electron chi connectivity index (χ4n) is 4.86. The number of rotatable bonds is 4.